The van der Waals surface area contributed by atoms with Gasteiger partial charge in [0.05, 0.1) is 5.52 Å². The Morgan fingerprint density at radius 2 is 2.08 bits per heavy atom. The van der Waals surface area contributed by atoms with Crippen LogP contribution in [0.4, 0.5) is 0 Å². The highest BCUT2D eigenvalue weighted by molar-refractivity contribution is 9.10. The second kappa shape index (κ2) is 3.00. The monoisotopic (exact) mass is 237 g/mol. The minimum atomic E-state index is 0.0295. The minimum Gasteiger partial charge on any atom is -0.286 e. The van der Waals surface area contributed by atoms with E-state index in [1.165, 1.54) is 0 Å². The molecule has 1 aromatic heterocycles. The molecule has 0 radical (unpaired) electrons. The van der Waals surface area contributed by atoms with Gasteiger partial charge in [-0.3, -0.25) is 9.36 Å². The molecule has 0 unspecified atom stereocenters. The van der Waals surface area contributed by atoms with Gasteiger partial charge in [0.1, 0.15) is 0 Å². The minimum absolute atomic E-state index is 0.0295. The molecule has 0 bridgehead atoms. The molecule has 0 aliphatic rings. The van der Waals surface area contributed by atoms with E-state index in [2.05, 4.69) is 15.9 Å². The molecule has 0 N–H and O–H groups in total. The standard InChI is InChI=1S/C10H8BrNO/c1-7(13)12-6-9(11)8-4-2-3-5-10(8)12/h2-6H,1H3. The fraction of sp³-hybridized carbons (Fsp3) is 0.100. The van der Waals surface area contributed by atoms with Gasteiger partial charge < -0.3 is 0 Å². The maximum atomic E-state index is 11.2. The fourth-order valence-electron chi connectivity index (χ4n) is 1.40. The van der Waals surface area contributed by atoms with E-state index in [0.717, 1.165) is 15.4 Å². The first-order valence-corrected chi connectivity index (χ1v) is 4.76. The van der Waals surface area contributed by atoms with Gasteiger partial charge in [0.2, 0.25) is 5.91 Å². The number of carbonyl (C=O) groups excluding carboxylic acids is 1. The first-order valence-electron chi connectivity index (χ1n) is 3.96. The van der Waals surface area contributed by atoms with Gasteiger partial charge in [-0.2, -0.15) is 0 Å². The van der Waals surface area contributed by atoms with E-state index in [1.54, 1.807) is 17.7 Å². The van der Waals surface area contributed by atoms with Crippen LogP contribution >= 0.6 is 15.9 Å². The number of hydrogen-bond donors (Lipinski definition) is 0. The quantitative estimate of drug-likeness (QED) is 0.691. The molecular weight excluding hydrogens is 230 g/mol. The summed E-state index contributed by atoms with van der Waals surface area (Å²) in [5, 5.41) is 1.07. The summed E-state index contributed by atoms with van der Waals surface area (Å²) >= 11 is 3.41. The Hall–Kier alpha value is -1.09. The summed E-state index contributed by atoms with van der Waals surface area (Å²) in [4.78, 5) is 11.2. The number of benzene rings is 1. The average molecular weight is 238 g/mol. The summed E-state index contributed by atoms with van der Waals surface area (Å²) < 4.78 is 2.60. The van der Waals surface area contributed by atoms with Crippen molar-refractivity contribution in [3.63, 3.8) is 0 Å². The molecule has 0 aliphatic heterocycles. The summed E-state index contributed by atoms with van der Waals surface area (Å²) in [6, 6.07) is 7.80. The number of para-hydroxylation sites is 1. The summed E-state index contributed by atoms with van der Waals surface area (Å²) in [6.07, 6.45) is 1.80. The summed E-state index contributed by atoms with van der Waals surface area (Å²) in [5.74, 6) is 0.0295. The first-order chi connectivity index (χ1) is 6.20. The molecule has 0 amide bonds. The summed E-state index contributed by atoms with van der Waals surface area (Å²) in [5.41, 5.74) is 0.946. The van der Waals surface area contributed by atoms with E-state index >= 15 is 0 Å². The SMILES string of the molecule is CC(=O)n1cc(Br)c2ccccc21. The molecule has 2 rings (SSSR count). The summed E-state index contributed by atoms with van der Waals surface area (Å²) in [6.45, 7) is 1.55. The molecule has 66 valence electrons. The van der Waals surface area contributed by atoms with Gasteiger partial charge in [0.15, 0.2) is 0 Å². The van der Waals surface area contributed by atoms with E-state index in [0.29, 0.717) is 0 Å². The van der Waals surface area contributed by atoms with E-state index in [9.17, 15) is 4.79 Å². The lowest BCUT2D eigenvalue weighted by atomic mass is 10.2. The van der Waals surface area contributed by atoms with Crippen LogP contribution in [0.1, 0.15) is 11.7 Å². The van der Waals surface area contributed by atoms with E-state index < -0.39 is 0 Å². The van der Waals surface area contributed by atoms with E-state index in [4.69, 9.17) is 0 Å². The first kappa shape index (κ1) is 8.51. The zero-order valence-electron chi connectivity index (χ0n) is 7.12. The van der Waals surface area contributed by atoms with Crippen molar-refractivity contribution in [1.82, 2.24) is 4.57 Å². The Kier molecular flexibility index (Phi) is 1.96. The molecule has 1 heterocycles. The van der Waals surface area contributed by atoms with E-state index in [-0.39, 0.29) is 5.91 Å². The molecular formula is C10H8BrNO. The Bertz CT molecular complexity index is 473. The van der Waals surface area contributed by atoms with Crippen molar-refractivity contribution >= 4 is 32.7 Å². The van der Waals surface area contributed by atoms with Gasteiger partial charge in [-0.25, -0.2) is 0 Å². The predicted molar refractivity (Wildman–Crippen MR) is 55.9 cm³/mol. The molecule has 0 atom stereocenters. The highest BCUT2D eigenvalue weighted by Gasteiger charge is 2.07. The molecule has 13 heavy (non-hydrogen) atoms. The van der Waals surface area contributed by atoms with Gasteiger partial charge in [-0.1, -0.05) is 18.2 Å². The van der Waals surface area contributed by atoms with Crippen molar-refractivity contribution < 1.29 is 4.79 Å². The van der Waals surface area contributed by atoms with Crippen molar-refractivity contribution in [2.75, 3.05) is 0 Å². The number of aromatic nitrogens is 1. The van der Waals surface area contributed by atoms with Crippen LogP contribution in [0.3, 0.4) is 0 Å². The number of halogens is 1. The second-order valence-electron chi connectivity index (χ2n) is 2.88. The molecule has 1 aromatic carbocycles. The van der Waals surface area contributed by atoms with Crippen molar-refractivity contribution in [3.8, 4) is 0 Å². The van der Waals surface area contributed by atoms with Crippen LogP contribution in [0, 0.1) is 0 Å². The van der Waals surface area contributed by atoms with Crippen LogP contribution in [0.25, 0.3) is 10.9 Å². The number of rotatable bonds is 0. The molecule has 2 aromatic rings. The Morgan fingerprint density at radius 3 is 2.77 bits per heavy atom. The van der Waals surface area contributed by atoms with Crippen LogP contribution in [0.5, 0.6) is 0 Å². The zero-order valence-corrected chi connectivity index (χ0v) is 8.71. The van der Waals surface area contributed by atoms with Crippen LogP contribution < -0.4 is 0 Å². The molecule has 0 fully saturated rings. The number of fused-ring (bicyclic) bond motifs is 1. The molecule has 0 saturated carbocycles. The number of carbonyl (C=O) groups is 1. The van der Waals surface area contributed by atoms with Crippen LogP contribution in [-0.4, -0.2) is 10.5 Å². The van der Waals surface area contributed by atoms with E-state index in [1.807, 2.05) is 24.3 Å². The molecule has 2 nitrogen and oxygen atoms in total. The Labute approximate surface area is 84.3 Å². The second-order valence-corrected chi connectivity index (χ2v) is 3.74. The topological polar surface area (TPSA) is 22.0 Å². The highest BCUT2D eigenvalue weighted by Crippen LogP contribution is 2.25. The largest absolute Gasteiger partial charge is 0.286 e. The van der Waals surface area contributed by atoms with Gasteiger partial charge >= 0.3 is 0 Å². The third-order valence-corrected chi connectivity index (χ3v) is 2.63. The smallest absolute Gasteiger partial charge is 0.227 e. The van der Waals surface area contributed by atoms with Crippen LogP contribution in [0.15, 0.2) is 34.9 Å². The normalized spacial score (nSPS) is 10.6. The Balaban J connectivity index is 2.85. The molecule has 0 aliphatic carbocycles. The zero-order chi connectivity index (χ0) is 9.42. The lowest BCUT2D eigenvalue weighted by molar-refractivity contribution is 0.0941. The number of nitrogens with zero attached hydrogens (tertiary/aromatic N) is 1. The van der Waals surface area contributed by atoms with Crippen molar-refractivity contribution in [1.29, 1.82) is 0 Å². The van der Waals surface area contributed by atoms with Gasteiger partial charge in [0, 0.05) is 23.0 Å². The van der Waals surface area contributed by atoms with Crippen molar-refractivity contribution in [3.05, 3.63) is 34.9 Å². The fourth-order valence-corrected chi connectivity index (χ4v) is 1.94. The lowest BCUT2D eigenvalue weighted by Gasteiger charge is -1.96. The maximum absolute atomic E-state index is 11.2. The molecule has 0 saturated heterocycles. The molecule has 0 spiro atoms. The average Bonchev–Trinajstić information content (AvgIpc) is 2.45. The van der Waals surface area contributed by atoms with Crippen molar-refractivity contribution in [2.24, 2.45) is 0 Å². The van der Waals surface area contributed by atoms with Crippen molar-refractivity contribution in [2.45, 2.75) is 6.92 Å². The maximum Gasteiger partial charge on any atom is 0.227 e. The van der Waals surface area contributed by atoms with Gasteiger partial charge in [-0.15, -0.1) is 0 Å². The lowest BCUT2D eigenvalue weighted by Crippen LogP contribution is -2.02. The van der Waals surface area contributed by atoms with Crippen LogP contribution in [-0.2, 0) is 0 Å². The molecule has 3 heteroatoms. The Morgan fingerprint density at radius 1 is 1.38 bits per heavy atom. The third-order valence-electron chi connectivity index (χ3n) is 2.00. The van der Waals surface area contributed by atoms with Gasteiger partial charge in [0.25, 0.3) is 0 Å². The van der Waals surface area contributed by atoms with Gasteiger partial charge in [-0.05, 0) is 22.0 Å². The highest BCUT2D eigenvalue weighted by atomic mass is 79.9. The number of hydrogen-bond acceptors (Lipinski definition) is 1. The summed E-state index contributed by atoms with van der Waals surface area (Å²) in [7, 11) is 0. The third kappa shape index (κ3) is 1.29. The van der Waals surface area contributed by atoms with Crippen LogP contribution in [0.2, 0.25) is 0 Å². The predicted octanol–water partition coefficient (Wildman–Crippen LogP) is 3.06.